The Bertz CT molecular complexity index is 608. The fraction of sp³-hybridized carbons (Fsp3) is 0.500. The zero-order valence-corrected chi connectivity index (χ0v) is 13.3. The molecule has 0 aliphatic carbocycles. The molecule has 1 saturated heterocycles. The van der Waals surface area contributed by atoms with Crippen molar-refractivity contribution in [2.75, 3.05) is 29.0 Å². The van der Waals surface area contributed by atoms with Gasteiger partial charge in [0, 0.05) is 13.1 Å². The zero-order chi connectivity index (χ0) is 16.3. The molecule has 1 aliphatic heterocycles. The molecule has 1 amide bonds. The number of hydrogen-bond acceptors (Lipinski definition) is 5. The van der Waals surface area contributed by atoms with Crippen LogP contribution in [0.25, 0.3) is 0 Å². The highest BCUT2D eigenvalue weighted by molar-refractivity contribution is 5.91. The van der Waals surface area contributed by atoms with Crippen molar-refractivity contribution in [1.29, 1.82) is 5.26 Å². The Labute approximate surface area is 130 Å². The first-order chi connectivity index (χ1) is 10.3. The lowest BCUT2D eigenvalue weighted by Gasteiger charge is -2.23. The normalized spacial score (nSPS) is 14.5. The standard InChI is InChI=1S/C16H22N4O2/c1-16(2,3)22-15(21)19-13-9-14(20-6-4-5-7-20)11(10-17)8-12(13)18/h8-9H,4-7,18H2,1-3H3,(H,19,21). The van der Waals surface area contributed by atoms with E-state index in [1.54, 1.807) is 32.9 Å². The molecule has 118 valence electrons. The van der Waals surface area contributed by atoms with Gasteiger partial charge in [-0.2, -0.15) is 5.26 Å². The summed E-state index contributed by atoms with van der Waals surface area (Å²) in [6.07, 6.45) is 1.64. The van der Waals surface area contributed by atoms with Gasteiger partial charge in [0.05, 0.1) is 22.6 Å². The summed E-state index contributed by atoms with van der Waals surface area (Å²) in [5.74, 6) is 0. The molecule has 0 spiro atoms. The lowest BCUT2D eigenvalue weighted by Crippen LogP contribution is -2.27. The molecule has 2 rings (SSSR count). The minimum atomic E-state index is -0.580. The minimum Gasteiger partial charge on any atom is -0.444 e. The fourth-order valence-electron chi connectivity index (χ4n) is 2.44. The van der Waals surface area contributed by atoms with E-state index in [2.05, 4.69) is 16.3 Å². The average molecular weight is 302 g/mol. The summed E-state index contributed by atoms with van der Waals surface area (Å²) in [5, 5.41) is 11.9. The third-order valence-electron chi connectivity index (χ3n) is 3.37. The fourth-order valence-corrected chi connectivity index (χ4v) is 2.44. The van der Waals surface area contributed by atoms with E-state index in [0.717, 1.165) is 31.6 Å². The molecular weight excluding hydrogens is 280 g/mol. The third-order valence-corrected chi connectivity index (χ3v) is 3.37. The topological polar surface area (TPSA) is 91.4 Å². The van der Waals surface area contributed by atoms with Crippen LogP contribution in [-0.4, -0.2) is 24.8 Å². The lowest BCUT2D eigenvalue weighted by molar-refractivity contribution is 0.0636. The zero-order valence-electron chi connectivity index (χ0n) is 13.3. The predicted octanol–water partition coefficient (Wildman–Crippen LogP) is 3.09. The molecule has 1 heterocycles. The van der Waals surface area contributed by atoms with Crippen LogP contribution >= 0.6 is 0 Å². The van der Waals surface area contributed by atoms with Crippen LogP contribution in [0, 0.1) is 11.3 Å². The SMILES string of the molecule is CC(C)(C)OC(=O)Nc1cc(N2CCCC2)c(C#N)cc1N. The molecule has 1 aromatic carbocycles. The predicted molar refractivity (Wildman–Crippen MR) is 86.9 cm³/mol. The second-order valence-electron chi connectivity index (χ2n) is 6.39. The number of nitrogens with one attached hydrogen (secondary N) is 1. The number of nitriles is 1. The molecule has 22 heavy (non-hydrogen) atoms. The number of nitrogens with zero attached hydrogens (tertiary/aromatic N) is 2. The first-order valence-electron chi connectivity index (χ1n) is 7.39. The summed E-state index contributed by atoms with van der Waals surface area (Å²) in [7, 11) is 0. The van der Waals surface area contributed by atoms with Crippen molar-refractivity contribution in [2.45, 2.75) is 39.2 Å². The number of anilines is 3. The highest BCUT2D eigenvalue weighted by Gasteiger charge is 2.20. The highest BCUT2D eigenvalue weighted by Crippen LogP contribution is 2.32. The second-order valence-corrected chi connectivity index (χ2v) is 6.39. The van der Waals surface area contributed by atoms with Crippen LogP contribution in [-0.2, 0) is 4.74 Å². The van der Waals surface area contributed by atoms with Crippen molar-refractivity contribution in [3.8, 4) is 6.07 Å². The number of ether oxygens (including phenoxy) is 1. The Morgan fingerprint density at radius 3 is 2.55 bits per heavy atom. The number of rotatable bonds is 2. The van der Waals surface area contributed by atoms with Crippen LogP contribution in [0.2, 0.25) is 0 Å². The molecule has 0 aromatic heterocycles. The maximum Gasteiger partial charge on any atom is 0.412 e. The first kappa shape index (κ1) is 16.0. The molecule has 0 bridgehead atoms. The van der Waals surface area contributed by atoms with Gasteiger partial charge in [0.2, 0.25) is 0 Å². The second kappa shape index (κ2) is 6.14. The van der Waals surface area contributed by atoms with Crippen LogP contribution in [0.5, 0.6) is 0 Å². The summed E-state index contributed by atoms with van der Waals surface area (Å²) in [6, 6.07) is 5.52. The van der Waals surface area contributed by atoms with Gasteiger partial charge in [0.25, 0.3) is 0 Å². The van der Waals surface area contributed by atoms with Gasteiger partial charge in [0.15, 0.2) is 0 Å². The summed E-state index contributed by atoms with van der Waals surface area (Å²) in [4.78, 5) is 14.0. The van der Waals surface area contributed by atoms with Crippen molar-refractivity contribution in [1.82, 2.24) is 0 Å². The van der Waals surface area contributed by atoms with Crippen LogP contribution in [0.1, 0.15) is 39.2 Å². The van der Waals surface area contributed by atoms with Crippen molar-refractivity contribution < 1.29 is 9.53 Å². The Morgan fingerprint density at radius 1 is 1.36 bits per heavy atom. The van der Waals surface area contributed by atoms with Crippen molar-refractivity contribution in [2.24, 2.45) is 0 Å². The van der Waals surface area contributed by atoms with Gasteiger partial charge in [-0.15, -0.1) is 0 Å². The number of benzene rings is 1. The Morgan fingerprint density at radius 2 is 2.00 bits per heavy atom. The summed E-state index contributed by atoms with van der Waals surface area (Å²) in [6.45, 7) is 7.20. The number of carbonyl (C=O) groups excluding carboxylic acids is 1. The molecule has 6 heteroatoms. The molecule has 6 nitrogen and oxygen atoms in total. The van der Waals surface area contributed by atoms with Crippen LogP contribution in [0.3, 0.4) is 0 Å². The molecule has 0 unspecified atom stereocenters. The Kier molecular flexibility index (Phi) is 4.45. The third kappa shape index (κ3) is 3.82. The van der Waals surface area contributed by atoms with Gasteiger partial charge < -0.3 is 15.4 Å². The minimum absolute atomic E-state index is 0.352. The number of amides is 1. The maximum absolute atomic E-state index is 11.9. The van der Waals surface area contributed by atoms with Gasteiger partial charge in [-0.25, -0.2) is 4.79 Å². The largest absolute Gasteiger partial charge is 0.444 e. The van der Waals surface area contributed by atoms with E-state index in [4.69, 9.17) is 10.5 Å². The molecule has 3 N–H and O–H groups in total. The monoisotopic (exact) mass is 302 g/mol. The van der Waals surface area contributed by atoms with Gasteiger partial charge in [-0.1, -0.05) is 0 Å². The maximum atomic E-state index is 11.9. The van der Waals surface area contributed by atoms with Crippen molar-refractivity contribution in [3.63, 3.8) is 0 Å². The molecule has 1 aliphatic rings. The molecular formula is C16H22N4O2. The Hall–Kier alpha value is -2.42. The molecule has 0 atom stereocenters. The van der Waals surface area contributed by atoms with E-state index in [0.29, 0.717) is 16.9 Å². The van der Waals surface area contributed by atoms with Gasteiger partial charge in [-0.05, 0) is 45.7 Å². The smallest absolute Gasteiger partial charge is 0.412 e. The first-order valence-corrected chi connectivity index (χ1v) is 7.39. The van der Waals surface area contributed by atoms with E-state index < -0.39 is 11.7 Å². The summed E-state index contributed by atoms with van der Waals surface area (Å²) < 4.78 is 5.23. The van der Waals surface area contributed by atoms with E-state index in [1.807, 2.05) is 0 Å². The van der Waals surface area contributed by atoms with E-state index in [9.17, 15) is 10.1 Å². The van der Waals surface area contributed by atoms with Gasteiger partial charge >= 0.3 is 6.09 Å². The summed E-state index contributed by atoms with van der Waals surface area (Å²) >= 11 is 0. The van der Waals surface area contributed by atoms with Crippen LogP contribution in [0.15, 0.2) is 12.1 Å². The van der Waals surface area contributed by atoms with E-state index >= 15 is 0 Å². The van der Waals surface area contributed by atoms with Crippen LogP contribution < -0.4 is 16.0 Å². The van der Waals surface area contributed by atoms with E-state index in [-0.39, 0.29) is 0 Å². The lowest BCUT2D eigenvalue weighted by atomic mass is 10.1. The quantitative estimate of drug-likeness (QED) is 0.819. The number of carbonyl (C=O) groups is 1. The van der Waals surface area contributed by atoms with Crippen LogP contribution in [0.4, 0.5) is 21.9 Å². The average Bonchev–Trinajstić information content (AvgIpc) is 2.92. The molecule has 1 fully saturated rings. The molecule has 1 aromatic rings. The van der Waals surface area contributed by atoms with Gasteiger partial charge in [0.1, 0.15) is 11.7 Å². The number of hydrogen-bond donors (Lipinski definition) is 2. The van der Waals surface area contributed by atoms with Crippen molar-refractivity contribution >= 4 is 23.2 Å². The molecule has 0 radical (unpaired) electrons. The number of nitrogens with two attached hydrogens (primary N) is 1. The van der Waals surface area contributed by atoms with Crippen molar-refractivity contribution in [3.05, 3.63) is 17.7 Å². The Balaban J connectivity index is 2.26. The summed E-state index contributed by atoms with van der Waals surface area (Å²) in [5.41, 5.74) is 7.50. The molecule has 0 saturated carbocycles. The number of nitrogen functional groups attached to an aromatic ring is 1. The van der Waals surface area contributed by atoms with Gasteiger partial charge in [-0.3, -0.25) is 5.32 Å². The highest BCUT2D eigenvalue weighted by atomic mass is 16.6. The van der Waals surface area contributed by atoms with E-state index in [1.165, 1.54) is 0 Å².